The normalized spacial score (nSPS) is 10.9. The van der Waals surface area contributed by atoms with Crippen molar-refractivity contribution in [3.8, 4) is 0 Å². The van der Waals surface area contributed by atoms with E-state index in [4.69, 9.17) is 0 Å². The molecular formula is C8H19Br2N. The molecule has 3 heteroatoms. The molecule has 0 unspecified atom stereocenters. The summed E-state index contributed by atoms with van der Waals surface area (Å²) in [5, 5.41) is 4.50. The molecule has 0 aliphatic heterocycles. The summed E-state index contributed by atoms with van der Waals surface area (Å²) in [6.07, 6.45) is 1.22. The molecule has 1 nitrogen and oxygen atoms in total. The summed E-state index contributed by atoms with van der Waals surface area (Å²) in [5.41, 5.74) is 0.423. The summed E-state index contributed by atoms with van der Waals surface area (Å²) in [7, 11) is 0. The van der Waals surface area contributed by atoms with Crippen LogP contribution in [0.2, 0.25) is 0 Å². The van der Waals surface area contributed by atoms with E-state index in [1.165, 1.54) is 6.42 Å². The summed E-state index contributed by atoms with van der Waals surface area (Å²) in [4.78, 5) is 0. The van der Waals surface area contributed by atoms with E-state index in [1.807, 2.05) is 0 Å². The Bertz CT molecular complexity index is 78.7. The van der Waals surface area contributed by atoms with Gasteiger partial charge in [-0.3, -0.25) is 0 Å². The van der Waals surface area contributed by atoms with Gasteiger partial charge in [0.05, 0.1) is 0 Å². The van der Waals surface area contributed by atoms with Crippen LogP contribution in [0.5, 0.6) is 0 Å². The van der Waals surface area contributed by atoms with Gasteiger partial charge in [-0.2, -0.15) is 0 Å². The average Bonchev–Trinajstić information content (AvgIpc) is 1.78. The second-order valence-electron chi connectivity index (χ2n) is 3.78. The van der Waals surface area contributed by atoms with E-state index in [0.29, 0.717) is 5.41 Å². The van der Waals surface area contributed by atoms with E-state index in [-0.39, 0.29) is 17.0 Å². The Morgan fingerprint density at radius 3 is 2.18 bits per heavy atom. The molecule has 0 spiro atoms. The third-order valence-electron chi connectivity index (χ3n) is 1.14. The van der Waals surface area contributed by atoms with Crippen LogP contribution >= 0.6 is 32.9 Å². The maximum absolute atomic E-state index is 3.40. The van der Waals surface area contributed by atoms with E-state index >= 15 is 0 Å². The summed E-state index contributed by atoms with van der Waals surface area (Å²) < 4.78 is 0. The first-order valence-electron chi connectivity index (χ1n) is 3.83. The third kappa shape index (κ3) is 13.9. The van der Waals surface area contributed by atoms with Crippen molar-refractivity contribution in [2.75, 3.05) is 18.4 Å². The highest BCUT2D eigenvalue weighted by atomic mass is 79.9. The minimum Gasteiger partial charge on any atom is -0.316 e. The maximum atomic E-state index is 3.40. The fraction of sp³-hybridized carbons (Fsp3) is 1.00. The number of alkyl halides is 1. The fourth-order valence-electron chi connectivity index (χ4n) is 0.655. The lowest BCUT2D eigenvalue weighted by Crippen LogP contribution is -2.27. The third-order valence-corrected chi connectivity index (χ3v) is 1.70. The molecule has 0 saturated carbocycles. The molecule has 70 valence electrons. The van der Waals surface area contributed by atoms with Gasteiger partial charge < -0.3 is 5.32 Å². The van der Waals surface area contributed by atoms with Crippen LogP contribution in [-0.4, -0.2) is 18.4 Å². The summed E-state index contributed by atoms with van der Waals surface area (Å²) >= 11 is 3.39. The molecule has 11 heavy (non-hydrogen) atoms. The second kappa shape index (κ2) is 7.56. The zero-order valence-corrected chi connectivity index (χ0v) is 10.9. The first kappa shape index (κ1) is 14.4. The average molecular weight is 289 g/mol. The van der Waals surface area contributed by atoms with Crippen LogP contribution < -0.4 is 5.32 Å². The standard InChI is InChI=1S/C8H18BrN.BrH/c1-8(2,3)7-10-6-4-5-9;/h10H,4-7H2,1-3H3;1H. The van der Waals surface area contributed by atoms with Crippen molar-refractivity contribution in [3.63, 3.8) is 0 Å². The molecule has 0 radical (unpaired) electrons. The zero-order chi connectivity index (χ0) is 8.04. The van der Waals surface area contributed by atoms with Crippen molar-refractivity contribution in [3.05, 3.63) is 0 Å². The van der Waals surface area contributed by atoms with Crippen LogP contribution in [-0.2, 0) is 0 Å². The molecule has 1 N–H and O–H groups in total. The topological polar surface area (TPSA) is 12.0 Å². The second-order valence-corrected chi connectivity index (χ2v) is 4.57. The van der Waals surface area contributed by atoms with Gasteiger partial charge in [0.25, 0.3) is 0 Å². The highest BCUT2D eigenvalue weighted by Crippen LogP contribution is 2.09. The van der Waals surface area contributed by atoms with Gasteiger partial charge in [0, 0.05) is 5.33 Å². The Hall–Kier alpha value is 0.920. The van der Waals surface area contributed by atoms with Crippen molar-refractivity contribution >= 4 is 32.9 Å². The lowest BCUT2D eigenvalue weighted by atomic mass is 9.97. The number of nitrogens with one attached hydrogen (secondary N) is 1. The Kier molecular flexibility index (Phi) is 9.93. The number of rotatable bonds is 4. The Labute approximate surface area is 89.2 Å². The van der Waals surface area contributed by atoms with Crippen LogP contribution in [0.3, 0.4) is 0 Å². The van der Waals surface area contributed by atoms with Crippen LogP contribution in [0, 0.1) is 5.41 Å². The molecule has 0 aromatic rings. The van der Waals surface area contributed by atoms with Gasteiger partial charge in [0.15, 0.2) is 0 Å². The quantitative estimate of drug-likeness (QED) is 0.619. The van der Waals surface area contributed by atoms with E-state index in [9.17, 15) is 0 Å². The van der Waals surface area contributed by atoms with Crippen molar-refractivity contribution in [2.24, 2.45) is 5.41 Å². The van der Waals surface area contributed by atoms with Gasteiger partial charge >= 0.3 is 0 Å². The van der Waals surface area contributed by atoms with Crippen LogP contribution in [0.15, 0.2) is 0 Å². The fourth-order valence-corrected chi connectivity index (χ4v) is 0.936. The molecule has 0 aromatic carbocycles. The van der Waals surface area contributed by atoms with Crippen LogP contribution in [0.4, 0.5) is 0 Å². The predicted octanol–water partition coefficient (Wildman–Crippen LogP) is 2.99. The molecule has 0 aromatic heterocycles. The Morgan fingerprint density at radius 1 is 1.27 bits per heavy atom. The Morgan fingerprint density at radius 2 is 1.82 bits per heavy atom. The van der Waals surface area contributed by atoms with E-state index in [2.05, 4.69) is 42.0 Å². The number of halogens is 2. The smallest absolute Gasteiger partial charge is 0.00433 e. The molecule has 0 bridgehead atoms. The highest BCUT2D eigenvalue weighted by Gasteiger charge is 2.07. The molecule has 0 aliphatic carbocycles. The molecule has 0 heterocycles. The van der Waals surface area contributed by atoms with Crippen LogP contribution in [0.1, 0.15) is 27.2 Å². The van der Waals surface area contributed by atoms with Gasteiger partial charge in [0.1, 0.15) is 0 Å². The van der Waals surface area contributed by atoms with Crippen molar-refractivity contribution in [1.82, 2.24) is 5.32 Å². The Balaban J connectivity index is 0. The van der Waals surface area contributed by atoms with Crippen LogP contribution in [0.25, 0.3) is 0 Å². The van der Waals surface area contributed by atoms with Crippen molar-refractivity contribution in [1.29, 1.82) is 0 Å². The monoisotopic (exact) mass is 287 g/mol. The lowest BCUT2D eigenvalue weighted by molar-refractivity contribution is 0.381. The largest absolute Gasteiger partial charge is 0.316 e. The van der Waals surface area contributed by atoms with Gasteiger partial charge in [-0.25, -0.2) is 0 Å². The minimum absolute atomic E-state index is 0. The molecule has 0 saturated heterocycles. The van der Waals surface area contributed by atoms with E-state index in [0.717, 1.165) is 18.4 Å². The maximum Gasteiger partial charge on any atom is 0.00433 e. The highest BCUT2D eigenvalue weighted by molar-refractivity contribution is 9.09. The molecular weight excluding hydrogens is 270 g/mol. The summed E-state index contributed by atoms with van der Waals surface area (Å²) in [6.45, 7) is 8.97. The molecule has 0 atom stereocenters. The van der Waals surface area contributed by atoms with E-state index in [1.54, 1.807) is 0 Å². The van der Waals surface area contributed by atoms with Gasteiger partial charge in [0.2, 0.25) is 0 Å². The van der Waals surface area contributed by atoms with E-state index < -0.39 is 0 Å². The number of hydrogen-bond acceptors (Lipinski definition) is 1. The predicted molar refractivity (Wildman–Crippen MR) is 61.1 cm³/mol. The number of hydrogen-bond donors (Lipinski definition) is 1. The van der Waals surface area contributed by atoms with Gasteiger partial charge in [-0.15, -0.1) is 17.0 Å². The van der Waals surface area contributed by atoms with Crippen molar-refractivity contribution in [2.45, 2.75) is 27.2 Å². The lowest BCUT2D eigenvalue weighted by Gasteiger charge is -2.18. The summed E-state index contributed by atoms with van der Waals surface area (Å²) in [5.74, 6) is 0. The van der Waals surface area contributed by atoms with Crippen molar-refractivity contribution < 1.29 is 0 Å². The minimum atomic E-state index is 0. The first-order valence-corrected chi connectivity index (χ1v) is 4.95. The van der Waals surface area contributed by atoms with Gasteiger partial charge in [-0.1, -0.05) is 36.7 Å². The summed E-state index contributed by atoms with van der Waals surface area (Å²) in [6, 6.07) is 0. The zero-order valence-electron chi connectivity index (χ0n) is 7.61. The first-order chi connectivity index (χ1) is 4.56. The SMILES string of the molecule is Br.CC(C)(C)CNCCCBr. The van der Waals surface area contributed by atoms with Gasteiger partial charge in [-0.05, 0) is 24.9 Å². The molecule has 0 rings (SSSR count). The molecule has 0 amide bonds. The molecule has 0 aliphatic rings. The molecule has 0 fully saturated rings.